The molecule has 1 atom stereocenters. The number of rotatable bonds is 8. The summed E-state index contributed by atoms with van der Waals surface area (Å²) in [5, 5.41) is 5.87. The second-order valence-electron chi connectivity index (χ2n) is 9.93. The van der Waals surface area contributed by atoms with Crippen molar-refractivity contribution < 1.29 is 22.7 Å². The van der Waals surface area contributed by atoms with Crippen LogP contribution in [0.3, 0.4) is 0 Å². The molecule has 212 valence electrons. The summed E-state index contributed by atoms with van der Waals surface area (Å²) in [4.78, 5) is 28.0. The number of nitrogens with one attached hydrogen (secondary N) is 2. The largest absolute Gasteiger partial charge is 0.492 e. The molecule has 3 heterocycles. The molecule has 8 nitrogen and oxygen atoms in total. The molecule has 0 bridgehead atoms. The van der Waals surface area contributed by atoms with Crippen molar-refractivity contribution in [2.75, 3.05) is 30.8 Å². The van der Waals surface area contributed by atoms with E-state index >= 15 is 0 Å². The van der Waals surface area contributed by atoms with Gasteiger partial charge in [0.2, 0.25) is 0 Å². The maximum atomic E-state index is 13.7. The van der Waals surface area contributed by atoms with Crippen molar-refractivity contribution in [1.82, 2.24) is 19.9 Å². The molecular formula is C30H29F3N6O2. The minimum Gasteiger partial charge on any atom is -0.492 e. The van der Waals surface area contributed by atoms with Gasteiger partial charge in [-0.15, -0.1) is 0 Å². The first-order chi connectivity index (χ1) is 19.7. The van der Waals surface area contributed by atoms with Crippen LogP contribution in [0.4, 0.5) is 30.4 Å². The number of ether oxygens (including phenoxy) is 1. The predicted molar refractivity (Wildman–Crippen MR) is 150 cm³/mol. The van der Waals surface area contributed by atoms with E-state index in [2.05, 4.69) is 30.5 Å². The molecule has 1 aliphatic rings. The van der Waals surface area contributed by atoms with E-state index in [1.807, 2.05) is 20.0 Å². The minimum absolute atomic E-state index is 0.00883. The highest BCUT2D eigenvalue weighted by molar-refractivity contribution is 6.05. The summed E-state index contributed by atoms with van der Waals surface area (Å²) in [5.41, 5.74) is 2.21. The van der Waals surface area contributed by atoms with Gasteiger partial charge in [-0.3, -0.25) is 4.79 Å². The number of alkyl halides is 3. The fraction of sp³-hybridized carbons (Fsp3) is 0.267. The van der Waals surface area contributed by atoms with Crippen LogP contribution in [-0.2, 0) is 6.18 Å². The third kappa shape index (κ3) is 6.80. The molecule has 2 aromatic carbocycles. The van der Waals surface area contributed by atoms with Crippen LogP contribution in [0.25, 0.3) is 11.3 Å². The van der Waals surface area contributed by atoms with E-state index in [4.69, 9.17) is 4.74 Å². The Morgan fingerprint density at radius 3 is 2.68 bits per heavy atom. The number of hydrogen-bond acceptors (Lipinski definition) is 7. The van der Waals surface area contributed by atoms with Gasteiger partial charge >= 0.3 is 6.18 Å². The quantitative estimate of drug-likeness (QED) is 0.259. The number of aromatic nitrogens is 3. The van der Waals surface area contributed by atoms with E-state index in [-0.39, 0.29) is 29.6 Å². The Morgan fingerprint density at radius 2 is 1.95 bits per heavy atom. The van der Waals surface area contributed by atoms with Crippen LogP contribution in [-0.4, -0.2) is 52.0 Å². The number of amides is 1. The number of halogens is 3. The Balaban J connectivity index is 1.37. The molecule has 0 saturated carbocycles. The molecule has 4 aromatic rings. The predicted octanol–water partition coefficient (Wildman–Crippen LogP) is 6.33. The van der Waals surface area contributed by atoms with E-state index in [1.165, 1.54) is 12.4 Å². The molecule has 1 fully saturated rings. The van der Waals surface area contributed by atoms with Crippen molar-refractivity contribution in [3.8, 4) is 17.0 Å². The zero-order valence-electron chi connectivity index (χ0n) is 22.6. The van der Waals surface area contributed by atoms with E-state index < -0.39 is 17.6 Å². The van der Waals surface area contributed by atoms with Gasteiger partial charge in [-0.05, 0) is 81.4 Å². The minimum atomic E-state index is -4.60. The molecule has 0 unspecified atom stereocenters. The second kappa shape index (κ2) is 11.9. The first-order valence-electron chi connectivity index (χ1n) is 13.1. The number of anilines is 3. The Bertz CT molecular complexity index is 1530. The lowest BCUT2D eigenvalue weighted by Crippen LogP contribution is -2.30. The number of pyridine rings is 1. The summed E-state index contributed by atoms with van der Waals surface area (Å²) in [7, 11) is 1.97. The SMILES string of the molecule is Cc1ccc(C(=O)Nc2cc(OC[C@@H]3CCCN3C)cc(C(F)(F)F)c2)cc1Nc1ncccc1-c1ccncn1. The standard InChI is InChI=1S/C30H29F3N6O2/c1-19-7-8-20(13-27(19)38-28-25(6-3-10-35-28)26-9-11-34-18-36-26)29(40)37-22-14-21(30(31,32)33)15-24(16-22)41-17-23-5-4-12-39(23)2/h3,6-11,13-16,18,23H,4-5,12,17H2,1-2H3,(H,35,38)(H,37,40)/t23-/m0/s1. The van der Waals surface area contributed by atoms with Gasteiger partial charge < -0.3 is 20.3 Å². The third-order valence-corrected chi connectivity index (χ3v) is 7.02. The van der Waals surface area contributed by atoms with Crippen LogP contribution in [0, 0.1) is 6.92 Å². The summed E-state index contributed by atoms with van der Waals surface area (Å²) in [6, 6.07) is 13.8. The van der Waals surface area contributed by atoms with Crippen LogP contribution in [0.2, 0.25) is 0 Å². The molecule has 1 aliphatic heterocycles. The third-order valence-electron chi connectivity index (χ3n) is 7.02. The van der Waals surface area contributed by atoms with Crippen LogP contribution in [0.1, 0.15) is 34.3 Å². The van der Waals surface area contributed by atoms with Crippen molar-refractivity contribution >= 4 is 23.1 Å². The Labute approximate surface area is 235 Å². The van der Waals surface area contributed by atoms with E-state index in [0.29, 0.717) is 17.2 Å². The molecule has 41 heavy (non-hydrogen) atoms. The summed E-state index contributed by atoms with van der Waals surface area (Å²) in [6.07, 6.45) is 2.05. The second-order valence-corrected chi connectivity index (χ2v) is 9.93. The molecule has 2 aromatic heterocycles. The number of likely N-dealkylation sites (N-methyl/N-ethyl adjacent to an activating group) is 1. The van der Waals surface area contributed by atoms with Crippen LogP contribution < -0.4 is 15.4 Å². The lowest BCUT2D eigenvalue weighted by Gasteiger charge is -2.20. The number of aryl methyl sites for hydroxylation is 1. The van der Waals surface area contributed by atoms with Crippen LogP contribution in [0.5, 0.6) is 5.75 Å². The molecule has 2 N–H and O–H groups in total. The molecule has 11 heteroatoms. The average Bonchev–Trinajstić information content (AvgIpc) is 3.37. The number of benzene rings is 2. The highest BCUT2D eigenvalue weighted by Crippen LogP contribution is 2.35. The zero-order valence-corrected chi connectivity index (χ0v) is 22.6. The van der Waals surface area contributed by atoms with Crippen molar-refractivity contribution in [2.45, 2.75) is 32.0 Å². The van der Waals surface area contributed by atoms with Gasteiger partial charge in [-0.1, -0.05) is 6.07 Å². The number of nitrogens with zero attached hydrogens (tertiary/aromatic N) is 4. The molecule has 5 rings (SSSR count). The number of likely N-dealkylation sites (tertiary alicyclic amines) is 1. The normalized spacial score (nSPS) is 15.5. The highest BCUT2D eigenvalue weighted by atomic mass is 19.4. The van der Waals surface area contributed by atoms with Crippen LogP contribution in [0.15, 0.2) is 73.3 Å². The summed E-state index contributed by atoms with van der Waals surface area (Å²) in [6.45, 7) is 3.06. The fourth-order valence-electron chi connectivity index (χ4n) is 4.69. The molecular weight excluding hydrogens is 533 g/mol. The monoisotopic (exact) mass is 562 g/mol. The molecule has 1 saturated heterocycles. The lowest BCUT2D eigenvalue weighted by molar-refractivity contribution is -0.137. The van der Waals surface area contributed by atoms with Gasteiger partial charge in [0, 0.05) is 47.0 Å². The summed E-state index contributed by atoms with van der Waals surface area (Å²) >= 11 is 0. The molecule has 0 aliphatic carbocycles. The fourth-order valence-corrected chi connectivity index (χ4v) is 4.69. The van der Waals surface area contributed by atoms with Crippen molar-refractivity contribution in [3.63, 3.8) is 0 Å². The van der Waals surface area contributed by atoms with Gasteiger partial charge in [0.05, 0.1) is 11.3 Å². The Kier molecular flexibility index (Phi) is 8.16. The number of carbonyl (C=O) groups is 1. The van der Waals surface area contributed by atoms with Gasteiger partial charge in [0.15, 0.2) is 0 Å². The van der Waals surface area contributed by atoms with E-state index in [9.17, 15) is 18.0 Å². The average molecular weight is 563 g/mol. The van der Waals surface area contributed by atoms with Crippen molar-refractivity contribution in [2.24, 2.45) is 0 Å². The van der Waals surface area contributed by atoms with Crippen molar-refractivity contribution in [1.29, 1.82) is 0 Å². The van der Waals surface area contributed by atoms with E-state index in [0.717, 1.165) is 42.6 Å². The van der Waals surface area contributed by atoms with Crippen molar-refractivity contribution in [3.05, 3.63) is 90.0 Å². The highest BCUT2D eigenvalue weighted by Gasteiger charge is 2.32. The number of carbonyl (C=O) groups excluding carboxylic acids is 1. The summed E-state index contributed by atoms with van der Waals surface area (Å²) < 4.78 is 46.8. The Morgan fingerprint density at radius 1 is 1.10 bits per heavy atom. The van der Waals surface area contributed by atoms with E-state index in [1.54, 1.807) is 42.7 Å². The van der Waals surface area contributed by atoms with Gasteiger partial charge in [0.25, 0.3) is 5.91 Å². The first-order valence-corrected chi connectivity index (χ1v) is 13.1. The summed E-state index contributed by atoms with van der Waals surface area (Å²) in [5.74, 6) is 0.0134. The maximum absolute atomic E-state index is 13.7. The zero-order chi connectivity index (χ0) is 29.0. The molecule has 0 spiro atoms. The maximum Gasteiger partial charge on any atom is 0.416 e. The molecule has 1 amide bonds. The van der Waals surface area contributed by atoms with Gasteiger partial charge in [0.1, 0.15) is 24.5 Å². The Hall–Kier alpha value is -4.51. The first kappa shape index (κ1) is 28.0. The molecule has 0 radical (unpaired) electrons. The van der Waals surface area contributed by atoms with Gasteiger partial charge in [-0.2, -0.15) is 13.2 Å². The number of hydrogen-bond donors (Lipinski definition) is 2. The topological polar surface area (TPSA) is 92.3 Å². The smallest absolute Gasteiger partial charge is 0.416 e. The van der Waals surface area contributed by atoms with Crippen LogP contribution >= 0.6 is 0 Å². The lowest BCUT2D eigenvalue weighted by atomic mass is 10.1. The van der Waals surface area contributed by atoms with Gasteiger partial charge in [-0.25, -0.2) is 15.0 Å².